The Morgan fingerprint density at radius 1 is 0.826 bits per heavy atom. The zero-order valence-electron chi connectivity index (χ0n) is 13.9. The molecule has 0 aliphatic carbocycles. The molecule has 118 valence electrons. The highest BCUT2D eigenvalue weighted by Crippen LogP contribution is 2.29. The van der Waals surface area contributed by atoms with E-state index in [0.29, 0.717) is 0 Å². The largest absolute Gasteiger partial charge is 0.339 e. The molecule has 0 atom stereocenters. The van der Waals surface area contributed by atoms with Gasteiger partial charge in [0.25, 0.3) is 5.91 Å². The van der Waals surface area contributed by atoms with E-state index in [1.54, 1.807) is 0 Å². The van der Waals surface area contributed by atoms with Crippen LogP contribution in [0.3, 0.4) is 0 Å². The first-order valence-corrected chi connectivity index (χ1v) is 8.46. The number of fused-ring (bicyclic) bond motifs is 3. The molecule has 0 saturated carbocycles. The van der Waals surface area contributed by atoms with Crippen LogP contribution in [0.25, 0.3) is 21.5 Å². The summed E-state index contributed by atoms with van der Waals surface area (Å²) in [5, 5.41) is 4.54. The van der Waals surface area contributed by atoms with Crippen LogP contribution >= 0.6 is 0 Å². The van der Waals surface area contributed by atoms with Crippen molar-refractivity contribution in [3.05, 3.63) is 60.2 Å². The average Bonchev–Trinajstić information content (AvgIpc) is 2.60. The molecule has 0 spiro atoms. The van der Waals surface area contributed by atoms with E-state index in [0.717, 1.165) is 47.7 Å². The predicted octanol–water partition coefficient (Wildman–Crippen LogP) is 5.26. The lowest BCUT2D eigenvalue weighted by Crippen LogP contribution is -2.32. The van der Waals surface area contributed by atoms with E-state index in [1.165, 1.54) is 5.39 Å². The Morgan fingerprint density at radius 3 is 2.04 bits per heavy atom. The monoisotopic (exact) mass is 305 g/mol. The molecule has 0 saturated heterocycles. The number of nitrogens with zero attached hydrogens (tertiary/aromatic N) is 1. The highest BCUT2D eigenvalue weighted by Gasteiger charge is 2.18. The maximum atomic E-state index is 13.1. The molecule has 0 bridgehead atoms. The Balaban J connectivity index is 2.20. The van der Waals surface area contributed by atoms with Crippen LogP contribution in [-0.4, -0.2) is 23.9 Å². The number of amides is 1. The third-order valence-corrected chi connectivity index (χ3v) is 4.27. The minimum Gasteiger partial charge on any atom is -0.339 e. The van der Waals surface area contributed by atoms with Gasteiger partial charge in [-0.25, -0.2) is 0 Å². The van der Waals surface area contributed by atoms with E-state index >= 15 is 0 Å². The summed E-state index contributed by atoms with van der Waals surface area (Å²) in [7, 11) is 0. The third-order valence-electron chi connectivity index (χ3n) is 4.27. The normalized spacial score (nSPS) is 11.0. The van der Waals surface area contributed by atoms with E-state index in [1.807, 2.05) is 23.1 Å². The second kappa shape index (κ2) is 6.82. The molecule has 23 heavy (non-hydrogen) atoms. The fourth-order valence-electron chi connectivity index (χ4n) is 3.26. The van der Waals surface area contributed by atoms with Gasteiger partial charge in [-0.15, -0.1) is 0 Å². The summed E-state index contributed by atoms with van der Waals surface area (Å²) in [6.45, 7) is 5.87. The van der Waals surface area contributed by atoms with Crippen molar-refractivity contribution >= 4 is 27.5 Å². The Hall–Kier alpha value is -2.35. The van der Waals surface area contributed by atoms with Gasteiger partial charge < -0.3 is 4.90 Å². The molecule has 0 aliphatic rings. The van der Waals surface area contributed by atoms with Gasteiger partial charge in [0.2, 0.25) is 0 Å². The molecule has 2 nitrogen and oxygen atoms in total. The summed E-state index contributed by atoms with van der Waals surface area (Å²) in [6, 6.07) is 18.6. The third kappa shape index (κ3) is 2.94. The van der Waals surface area contributed by atoms with Crippen LogP contribution in [-0.2, 0) is 0 Å². The van der Waals surface area contributed by atoms with Crippen molar-refractivity contribution in [2.24, 2.45) is 0 Å². The fraction of sp³-hybridized carbons (Fsp3) is 0.286. The molecule has 0 radical (unpaired) electrons. The maximum absolute atomic E-state index is 13.1. The van der Waals surface area contributed by atoms with Gasteiger partial charge in [0.15, 0.2) is 0 Å². The van der Waals surface area contributed by atoms with Crippen molar-refractivity contribution in [1.29, 1.82) is 0 Å². The van der Waals surface area contributed by atoms with Gasteiger partial charge in [-0.05, 0) is 40.5 Å². The maximum Gasteiger partial charge on any atom is 0.254 e. The molecule has 0 fully saturated rings. The predicted molar refractivity (Wildman–Crippen MR) is 97.9 cm³/mol. The summed E-state index contributed by atoms with van der Waals surface area (Å²) in [4.78, 5) is 15.1. The average molecular weight is 305 g/mol. The van der Waals surface area contributed by atoms with Crippen molar-refractivity contribution in [2.45, 2.75) is 26.7 Å². The molecule has 3 rings (SSSR count). The van der Waals surface area contributed by atoms with Gasteiger partial charge in [0.1, 0.15) is 0 Å². The fourth-order valence-corrected chi connectivity index (χ4v) is 3.26. The lowest BCUT2D eigenvalue weighted by Gasteiger charge is -2.22. The molecular formula is C21H23NO. The molecule has 3 aromatic carbocycles. The molecule has 0 unspecified atom stereocenters. The molecule has 0 heterocycles. The highest BCUT2D eigenvalue weighted by molar-refractivity contribution is 6.17. The summed E-state index contributed by atoms with van der Waals surface area (Å²) in [6.07, 6.45) is 1.97. The van der Waals surface area contributed by atoms with Crippen LogP contribution in [0.15, 0.2) is 54.6 Å². The zero-order chi connectivity index (χ0) is 16.2. The second-order valence-electron chi connectivity index (χ2n) is 5.98. The van der Waals surface area contributed by atoms with Crippen LogP contribution < -0.4 is 0 Å². The standard InChI is InChI=1S/C21H23NO/c1-3-13-22(14-4-2)21(23)20-15-16-9-5-6-10-17(16)18-11-7-8-12-19(18)20/h5-12,15H,3-4,13-14H2,1-2H3. The molecule has 0 N–H and O–H groups in total. The first-order chi connectivity index (χ1) is 11.3. The van der Waals surface area contributed by atoms with Crippen LogP contribution in [0, 0.1) is 0 Å². The topological polar surface area (TPSA) is 20.3 Å². The lowest BCUT2D eigenvalue weighted by molar-refractivity contribution is 0.0757. The Kier molecular flexibility index (Phi) is 4.61. The van der Waals surface area contributed by atoms with Crippen LogP contribution in [0.1, 0.15) is 37.0 Å². The molecular weight excluding hydrogens is 282 g/mol. The minimum absolute atomic E-state index is 0.149. The number of carbonyl (C=O) groups excluding carboxylic acids is 1. The van der Waals surface area contributed by atoms with Gasteiger partial charge >= 0.3 is 0 Å². The minimum atomic E-state index is 0.149. The van der Waals surface area contributed by atoms with Gasteiger partial charge in [0, 0.05) is 18.7 Å². The van der Waals surface area contributed by atoms with Crippen molar-refractivity contribution < 1.29 is 4.79 Å². The smallest absolute Gasteiger partial charge is 0.254 e. The first kappa shape index (κ1) is 15.5. The van der Waals surface area contributed by atoms with Crippen LogP contribution in [0.4, 0.5) is 0 Å². The van der Waals surface area contributed by atoms with E-state index in [4.69, 9.17) is 0 Å². The van der Waals surface area contributed by atoms with Gasteiger partial charge in [-0.1, -0.05) is 62.4 Å². The molecule has 0 aromatic heterocycles. The van der Waals surface area contributed by atoms with E-state index in [9.17, 15) is 4.79 Å². The lowest BCUT2D eigenvalue weighted by atomic mass is 9.96. The summed E-state index contributed by atoms with van der Waals surface area (Å²) >= 11 is 0. The van der Waals surface area contributed by atoms with Gasteiger partial charge in [0.05, 0.1) is 0 Å². The number of rotatable bonds is 5. The van der Waals surface area contributed by atoms with E-state index in [2.05, 4.69) is 50.2 Å². The second-order valence-corrected chi connectivity index (χ2v) is 5.98. The zero-order valence-corrected chi connectivity index (χ0v) is 13.9. The number of benzene rings is 3. The summed E-state index contributed by atoms with van der Waals surface area (Å²) in [5.41, 5.74) is 0.821. The van der Waals surface area contributed by atoms with Crippen molar-refractivity contribution in [1.82, 2.24) is 4.90 Å². The molecule has 1 amide bonds. The Bertz CT molecular complexity index is 831. The molecule has 2 heteroatoms. The van der Waals surface area contributed by atoms with Gasteiger partial charge in [-0.2, -0.15) is 0 Å². The Morgan fingerprint density at radius 2 is 1.39 bits per heavy atom. The van der Waals surface area contributed by atoms with Crippen LogP contribution in [0.5, 0.6) is 0 Å². The van der Waals surface area contributed by atoms with Crippen molar-refractivity contribution in [3.8, 4) is 0 Å². The Labute approximate surface area is 137 Å². The number of carbonyl (C=O) groups is 1. The number of hydrogen-bond donors (Lipinski definition) is 0. The van der Waals surface area contributed by atoms with Gasteiger partial charge in [-0.3, -0.25) is 4.79 Å². The quantitative estimate of drug-likeness (QED) is 0.589. The van der Waals surface area contributed by atoms with E-state index in [-0.39, 0.29) is 5.91 Å². The van der Waals surface area contributed by atoms with Crippen molar-refractivity contribution in [3.63, 3.8) is 0 Å². The molecule has 0 aliphatic heterocycles. The summed E-state index contributed by atoms with van der Waals surface area (Å²) < 4.78 is 0. The molecule has 3 aromatic rings. The first-order valence-electron chi connectivity index (χ1n) is 8.46. The van der Waals surface area contributed by atoms with E-state index < -0.39 is 0 Å². The van der Waals surface area contributed by atoms with Crippen molar-refractivity contribution in [2.75, 3.05) is 13.1 Å². The summed E-state index contributed by atoms with van der Waals surface area (Å²) in [5.74, 6) is 0.149. The number of hydrogen-bond acceptors (Lipinski definition) is 1. The highest BCUT2D eigenvalue weighted by atomic mass is 16.2. The SMILES string of the molecule is CCCN(CCC)C(=O)c1cc2ccccc2c2ccccc12. The van der Waals surface area contributed by atoms with Crippen LogP contribution in [0.2, 0.25) is 0 Å².